The Kier molecular flexibility index (Phi) is 3.69. The van der Waals surface area contributed by atoms with Gasteiger partial charge in [0, 0.05) is 0 Å². The standard InChI is InChI=1S/C12H15F/c1-3-12(13)10(2)9-11-7-5-4-6-8-11/h3-8,10,12H,1,9H2,2H3. The van der Waals surface area contributed by atoms with E-state index < -0.39 is 6.17 Å². The maximum Gasteiger partial charge on any atom is 0.121 e. The maximum absolute atomic E-state index is 13.1. The summed E-state index contributed by atoms with van der Waals surface area (Å²) in [6, 6.07) is 9.96. The van der Waals surface area contributed by atoms with Crippen LogP contribution >= 0.6 is 0 Å². The van der Waals surface area contributed by atoms with Crippen molar-refractivity contribution in [2.24, 2.45) is 5.92 Å². The van der Waals surface area contributed by atoms with E-state index in [-0.39, 0.29) is 5.92 Å². The van der Waals surface area contributed by atoms with Gasteiger partial charge in [-0.1, -0.05) is 43.3 Å². The fourth-order valence-electron chi connectivity index (χ4n) is 1.33. The second-order valence-electron chi connectivity index (χ2n) is 3.35. The van der Waals surface area contributed by atoms with Crippen LogP contribution in [0.25, 0.3) is 0 Å². The minimum Gasteiger partial charge on any atom is -0.243 e. The molecule has 0 radical (unpaired) electrons. The molecule has 0 N–H and O–H groups in total. The molecule has 0 aliphatic carbocycles. The van der Waals surface area contributed by atoms with Crippen LogP contribution in [0.5, 0.6) is 0 Å². The summed E-state index contributed by atoms with van der Waals surface area (Å²) in [6.07, 6.45) is 1.24. The number of allylic oxidation sites excluding steroid dienone is 1. The lowest BCUT2D eigenvalue weighted by atomic mass is 9.97. The predicted molar refractivity (Wildman–Crippen MR) is 54.4 cm³/mol. The molecular weight excluding hydrogens is 163 g/mol. The second kappa shape index (κ2) is 4.80. The summed E-state index contributed by atoms with van der Waals surface area (Å²) in [5.41, 5.74) is 1.18. The summed E-state index contributed by atoms with van der Waals surface area (Å²) in [7, 11) is 0. The summed E-state index contributed by atoms with van der Waals surface area (Å²) in [4.78, 5) is 0. The predicted octanol–water partition coefficient (Wildman–Crippen LogP) is 3.39. The average Bonchev–Trinajstić information content (AvgIpc) is 2.18. The lowest BCUT2D eigenvalue weighted by Gasteiger charge is -2.12. The van der Waals surface area contributed by atoms with Gasteiger partial charge < -0.3 is 0 Å². The Bertz CT molecular complexity index is 253. The number of alkyl halides is 1. The molecule has 0 aliphatic heterocycles. The van der Waals surface area contributed by atoms with Gasteiger partial charge in [-0.05, 0) is 17.9 Å². The van der Waals surface area contributed by atoms with Gasteiger partial charge in [-0.3, -0.25) is 0 Å². The molecule has 0 amide bonds. The highest BCUT2D eigenvalue weighted by Crippen LogP contribution is 2.14. The van der Waals surface area contributed by atoms with Gasteiger partial charge in [0.05, 0.1) is 0 Å². The van der Waals surface area contributed by atoms with Gasteiger partial charge in [0.2, 0.25) is 0 Å². The molecule has 2 unspecified atom stereocenters. The minimum absolute atomic E-state index is 0.0138. The normalized spacial score (nSPS) is 14.9. The number of benzene rings is 1. The van der Waals surface area contributed by atoms with Crippen LogP contribution in [-0.4, -0.2) is 6.17 Å². The first-order valence-electron chi connectivity index (χ1n) is 4.54. The molecule has 0 aliphatic rings. The van der Waals surface area contributed by atoms with E-state index in [1.807, 2.05) is 37.3 Å². The summed E-state index contributed by atoms with van der Waals surface area (Å²) in [5, 5.41) is 0. The molecule has 0 spiro atoms. The number of halogens is 1. The first-order chi connectivity index (χ1) is 6.24. The van der Waals surface area contributed by atoms with E-state index in [2.05, 4.69) is 6.58 Å². The van der Waals surface area contributed by atoms with Crippen molar-refractivity contribution in [3.8, 4) is 0 Å². The molecule has 0 fully saturated rings. The Labute approximate surface area is 79.1 Å². The molecule has 1 aromatic carbocycles. The van der Waals surface area contributed by atoms with Gasteiger partial charge in [0.1, 0.15) is 6.17 Å². The zero-order chi connectivity index (χ0) is 9.68. The Balaban J connectivity index is 2.54. The zero-order valence-electron chi connectivity index (χ0n) is 7.91. The van der Waals surface area contributed by atoms with E-state index in [1.165, 1.54) is 11.6 Å². The number of rotatable bonds is 4. The van der Waals surface area contributed by atoms with Crippen LogP contribution in [0, 0.1) is 5.92 Å². The summed E-state index contributed by atoms with van der Waals surface area (Å²) in [6.45, 7) is 5.35. The lowest BCUT2D eigenvalue weighted by Crippen LogP contribution is -2.12. The van der Waals surface area contributed by atoms with Crippen molar-refractivity contribution in [2.45, 2.75) is 19.5 Å². The highest BCUT2D eigenvalue weighted by atomic mass is 19.1. The summed E-state index contributed by atoms with van der Waals surface area (Å²) in [5.74, 6) is 0.0138. The van der Waals surface area contributed by atoms with Crippen molar-refractivity contribution in [1.29, 1.82) is 0 Å². The molecule has 1 rings (SSSR count). The first kappa shape index (κ1) is 9.97. The van der Waals surface area contributed by atoms with Gasteiger partial charge in [0.25, 0.3) is 0 Å². The highest BCUT2D eigenvalue weighted by molar-refractivity contribution is 5.15. The van der Waals surface area contributed by atoms with Gasteiger partial charge in [-0.25, -0.2) is 4.39 Å². The third-order valence-electron chi connectivity index (χ3n) is 2.17. The van der Waals surface area contributed by atoms with Crippen molar-refractivity contribution in [3.05, 3.63) is 48.6 Å². The van der Waals surface area contributed by atoms with Crippen LogP contribution in [0.2, 0.25) is 0 Å². The zero-order valence-corrected chi connectivity index (χ0v) is 7.91. The molecule has 0 bridgehead atoms. The monoisotopic (exact) mass is 178 g/mol. The molecule has 1 aromatic rings. The van der Waals surface area contributed by atoms with Crippen LogP contribution in [0.3, 0.4) is 0 Å². The quantitative estimate of drug-likeness (QED) is 0.620. The molecule has 70 valence electrons. The van der Waals surface area contributed by atoms with Gasteiger partial charge in [-0.2, -0.15) is 0 Å². The van der Waals surface area contributed by atoms with Crippen molar-refractivity contribution >= 4 is 0 Å². The molecule has 2 atom stereocenters. The van der Waals surface area contributed by atoms with Gasteiger partial charge >= 0.3 is 0 Å². The molecule has 13 heavy (non-hydrogen) atoms. The number of hydrogen-bond acceptors (Lipinski definition) is 0. The maximum atomic E-state index is 13.1. The van der Waals surface area contributed by atoms with E-state index in [0.29, 0.717) is 0 Å². The lowest BCUT2D eigenvalue weighted by molar-refractivity contribution is 0.296. The summed E-state index contributed by atoms with van der Waals surface area (Å²) < 4.78 is 13.1. The topological polar surface area (TPSA) is 0 Å². The Morgan fingerprint density at radius 1 is 1.38 bits per heavy atom. The van der Waals surface area contributed by atoms with Crippen LogP contribution in [0.1, 0.15) is 12.5 Å². The van der Waals surface area contributed by atoms with Crippen molar-refractivity contribution in [2.75, 3.05) is 0 Å². The van der Waals surface area contributed by atoms with Crippen LogP contribution < -0.4 is 0 Å². The van der Waals surface area contributed by atoms with Crippen molar-refractivity contribution in [1.82, 2.24) is 0 Å². The fourth-order valence-corrected chi connectivity index (χ4v) is 1.33. The van der Waals surface area contributed by atoms with E-state index in [1.54, 1.807) is 0 Å². The third kappa shape index (κ3) is 3.02. The van der Waals surface area contributed by atoms with E-state index in [9.17, 15) is 4.39 Å². The third-order valence-corrected chi connectivity index (χ3v) is 2.17. The van der Waals surface area contributed by atoms with Crippen LogP contribution in [-0.2, 0) is 6.42 Å². The fraction of sp³-hybridized carbons (Fsp3) is 0.333. The minimum atomic E-state index is -0.903. The molecule has 0 heterocycles. The Hall–Kier alpha value is -1.11. The Morgan fingerprint density at radius 2 is 2.00 bits per heavy atom. The smallest absolute Gasteiger partial charge is 0.121 e. The van der Waals surface area contributed by atoms with E-state index in [4.69, 9.17) is 0 Å². The summed E-state index contributed by atoms with van der Waals surface area (Å²) >= 11 is 0. The molecule has 0 nitrogen and oxygen atoms in total. The van der Waals surface area contributed by atoms with Crippen LogP contribution in [0.15, 0.2) is 43.0 Å². The SMILES string of the molecule is C=CC(F)C(C)Cc1ccccc1. The second-order valence-corrected chi connectivity index (χ2v) is 3.35. The molecule has 0 saturated heterocycles. The molecule has 0 aromatic heterocycles. The Morgan fingerprint density at radius 3 is 2.54 bits per heavy atom. The highest BCUT2D eigenvalue weighted by Gasteiger charge is 2.12. The number of hydrogen-bond donors (Lipinski definition) is 0. The van der Waals surface area contributed by atoms with Gasteiger partial charge in [0.15, 0.2) is 0 Å². The van der Waals surface area contributed by atoms with E-state index in [0.717, 1.165) is 6.42 Å². The van der Waals surface area contributed by atoms with Crippen molar-refractivity contribution < 1.29 is 4.39 Å². The van der Waals surface area contributed by atoms with Gasteiger partial charge in [-0.15, -0.1) is 6.58 Å². The largest absolute Gasteiger partial charge is 0.243 e. The first-order valence-corrected chi connectivity index (χ1v) is 4.54. The molecule has 1 heteroatoms. The van der Waals surface area contributed by atoms with Crippen molar-refractivity contribution in [3.63, 3.8) is 0 Å². The average molecular weight is 178 g/mol. The van der Waals surface area contributed by atoms with Crippen LogP contribution in [0.4, 0.5) is 4.39 Å². The molecule has 0 saturated carbocycles. The van der Waals surface area contributed by atoms with E-state index >= 15 is 0 Å². The molecular formula is C12H15F.